The van der Waals surface area contributed by atoms with E-state index in [1.54, 1.807) is 34.9 Å². The molecule has 4 aromatic rings. The zero-order valence-corrected chi connectivity index (χ0v) is 14.0. The molecule has 0 bridgehead atoms. The predicted molar refractivity (Wildman–Crippen MR) is 99.8 cm³/mol. The van der Waals surface area contributed by atoms with E-state index >= 15 is 0 Å². The summed E-state index contributed by atoms with van der Waals surface area (Å²) in [7, 11) is 0. The molecule has 0 saturated carbocycles. The van der Waals surface area contributed by atoms with Gasteiger partial charge in [0.15, 0.2) is 5.58 Å². The van der Waals surface area contributed by atoms with Gasteiger partial charge in [0, 0.05) is 17.8 Å². The number of aromatic nitrogens is 3. The van der Waals surface area contributed by atoms with Gasteiger partial charge in [0.25, 0.3) is 0 Å². The van der Waals surface area contributed by atoms with Gasteiger partial charge in [-0.05, 0) is 42.1 Å². The van der Waals surface area contributed by atoms with Crippen LogP contribution in [0.5, 0.6) is 0 Å². The summed E-state index contributed by atoms with van der Waals surface area (Å²) in [6.45, 7) is 4.07. The van der Waals surface area contributed by atoms with Crippen molar-refractivity contribution in [2.45, 2.75) is 0 Å². The predicted octanol–water partition coefficient (Wildman–Crippen LogP) is 1.53. The van der Waals surface area contributed by atoms with Crippen molar-refractivity contribution in [3.05, 3.63) is 81.5 Å². The Labute approximate surface area is 151 Å². The Morgan fingerprint density at radius 3 is 2.78 bits per heavy atom. The smallest absolute Gasteiger partial charge is 0.408 e. The zero-order valence-electron chi connectivity index (χ0n) is 14.0. The molecule has 0 aliphatic heterocycles. The van der Waals surface area contributed by atoms with Crippen LogP contribution in [0.3, 0.4) is 0 Å². The van der Waals surface area contributed by atoms with E-state index in [1.165, 1.54) is 18.3 Å². The highest BCUT2D eigenvalue weighted by atomic mass is 19.1. The molecule has 0 saturated heterocycles. The van der Waals surface area contributed by atoms with Gasteiger partial charge in [-0.15, -0.1) is 0 Å². The van der Waals surface area contributed by atoms with E-state index in [4.69, 9.17) is 10.2 Å². The minimum absolute atomic E-state index is 0.347. The van der Waals surface area contributed by atoms with Gasteiger partial charge >= 0.3 is 5.76 Å². The molecular formula is C20H13FN4O2. The number of nitrogens with two attached hydrogens (primary N) is 1. The van der Waals surface area contributed by atoms with Crippen LogP contribution in [0, 0.1) is 5.82 Å². The Hall–Kier alpha value is -4.05. The fourth-order valence-corrected chi connectivity index (χ4v) is 2.81. The van der Waals surface area contributed by atoms with Crippen molar-refractivity contribution in [1.29, 1.82) is 0 Å². The van der Waals surface area contributed by atoms with E-state index < -0.39 is 5.76 Å². The van der Waals surface area contributed by atoms with Crippen LogP contribution in [0.1, 0.15) is 0 Å². The lowest BCUT2D eigenvalue weighted by Gasteiger charge is -2.08. The fourth-order valence-electron chi connectivity index (χ4n) is 2.81. The van der Waals surface area contributed by atoms with Crippen molar-refractivity contribution >= 4 is 23.4 Å². The fraction of sp³-hybridized carbons (Fsp3) is 0. The second-order valence-electron chi connectivity index (χ2n) is 5.70. The maximum absolute atomic E-state index is 13.3. The summed E-state index contributed by atoms with van der Waals surface area (Å²) in [5, 5.41) is 0.965. The first-order chi connectivity index (χ1) is 13.1. The van der Waals surface area contributed by atoms with Crippen LogP contribution in [0.2, 0.25) is 0 Å². The number of imidazole rings is 1. The lowest BCUT2D eigenvalue weighted by Crippen LogP contribution is -2.26. The summed E-state index contributed by atoms with van der Waals surface area (Å²) in [5.74, 6) is -0.357. The summed E-state index contributed by atoms with van der Waals surface area (Å²) in [6.07, 6.45) is 1.22. The summed E-state index contributed by atoms with van der Waals surface area (Å²) >= 11 is 0. The molecule has 6 nitrogen and oxygen atoms in total. The van der Waals surface area contributed by atoms with Crippen LogP contribution in [-0.2, 0) is 0 Å². The number of fused-ring (bicyclic) bond motifs is 1. The normalized spacial score (nSPS) is 10.6. The highest BCUT2D eigenvalue weighted by Gasteiger charge is 2.13. The van der Waals surface area contributed by atoms with Gasteiger partial charge in [-0.2, -0.15) is 0 Å². The Kier molecular flexibility index (Phi) is 3.86. The molecule has 0 spiro atoms. The van der Waals surface area contributed by atoms with Gasteiger partial charge in [-0.1, -0.05) is 12.3 Å². The molecule has 0 radical (unpaired) electrons. The third-order valence-corrected chi connectivity index (χ3v) is 4.01. The molecule has 2 heterocycles. The van der Waals surface area contributed by atoms with E-state index in [9.17, 15) is 9.18 Å². The van der Waals surface area contributed by atoms with Crippen LogP contribution < -0.4 is 22.2 Å². The molecule has 2 aromatic carbocycles. The Morgan fingerprint density at radius 2 is 2.04 bits per heavy atom. The van der Waals surface area contributed by atoms with Gasteiger partial charge in [0.2, 0.25) is 0 Å². The van der Waals surface area contributed by atoms with E-state index in [0.717, 1.165) is 0 Å². The summed E-state index contributed by atoms with van der Waals surface area (Å²) < 4.78 is 20.2. The van der Waals surface area contributed by atoms with Crippen LogP contribution in [-0.4, -0.2) is 14.5 Å². The summed E-state index contributed by atoms with van der Waals surface area (Å²) in [4.78, 5) is 18.6. The second-order valence-corrected chi connectivity index (χ2v) is 5.70. The van der Waals surface area contributed by atoms with Crippen LogP contribution >= 0.6 is 0 Å². The Balaban J connectivity index is 2.06. The monoisotopic (exact) mass is 360 g/mol. The van der Waals surface area contributed by atoms with Crippen LogP contribution in [0.4, 0.5) is 4.39 Å². The standard InChI is InChI=1S/C20H13FN4O2/c1-12-16(3-2-10-22)23-19(13-4-6-14(21)7-5-13)25(12)15-8-9-17-18(11-15)27-20(26)24-17/h4-11H,1,22H2,(H,24,26). The van der Waals surface area contributed by atoms with Crippen molar-refractivity contribution in [3.8, 4) is 17.1 Å². The van der Waals surface area contributed by atoms with Gasteiger partial charge in [-0.25, -0.2) is 14.2 Å². The maximum Gasteiger partial charge on any atom is 0.417 e. The number of hydrogen-bond acceptors (Lipinski definition) is 4. The highest BCUT2D eigenvalue weighted by Crippen LogP contribution is 2.21. The minimum atomic E-state index is -0.536. The second kappa shape index (κ2) is 6.35. The quantitative estimate of drug-likeness (QED) is 0.531. The number of oxazole rings is 1. The first-order valence-electron chi connectivity index (χ1n) is 7.95. The van der Waals surface area contributed by atoms with Crippen molar-refractivity contribution in [2.75, 3.05) is 0 Å². The molecule has 0 aliphatic carbocycles. The lowest BCUT2D eigenvalue weighted by atomic mass is 10.2. The van der Waals surface area contributed by atoms with Crippen molar-refractivity contribution in [3.63, 3.8) is 0 Å². The van der Waals surface area contributed by atoms with Crippen molar-refractivity contribution in [2.24, 2.45) is 5.73 Å². The molecule has 27 heavy (non-hydrogen) atoms. The number of rotatable bonds is 2. The minimum Gasteiger partial charge on any atom is -0.408 e. The SMILES string of the molecule is C=c1c(=C=C=CN)nc(-c2ccc(F)cc2)n1-c1ccc2[nH]c(=O)oc2c1. The number of hydrogen-bond donors (Lipinski definition) is 2. The summed E-state index contributed by atoms with van der Waals surface area (Å²) in [5.41, 5.74) is 13.2. The molecule has 0 atom stereocenters. The number of benzene rings is 2. The molecule has 4 rings (SSSR count). The average Bonchev–Trinajstić information content (AvgIpc) is 3.19. The Morgan fingerprint density at radius 1 is 1.26 bits per heavy atom. The first kappa shape index (κ1) is 16.4. The lowest BCUT2D eigenvalue weighted by molar-refractivity contribution is 0.555. The number of H-pyrrole nitrogens is 1. The van der Waals surface area contributed by atoms with Gasteiger partial charge < -0.3 is 10.2 Å². The van der Waals surface area contributed by atoms with Crippen LogP contribution in [0.15, 0.2) is 63.6 Å². The van der Waals surface area contributed by atoms with E-state index in [1.807, 2.05) is 0 Å². The Bertz CT molecular complexity index is 1400. The third-order valence-electron chi connectivity index (χ3n) is 4.01. The highest BCUT2D eigenvalue weighted by molar-refractivity contribution is 5.75. The maximum atomic E-state index is 13.3. The number of nitrogens with one attached hydrogen (secondary N) is 1. The molecule has 0 fully saturated rings. The van der Waals surface area contributed by atoms with Gasteiger partial charge in [0.05, 0.1) is 16.6 Å². The molecule has 0 aliphatic rings. The molecule has 3 N–H and O–H groups in total. The van der Waals surface area contributed by atoms with Crippen molar-refractivity contribution < 1.29 is 8.81 Å². The van der Waals surface area contributed by atoms with E-state index in [0.29, 0.717) is 38.9 Å². The molecule has 132 valence electrons. The molecule has 2 aromatic heterocycles. The average molecular weight is 360 g/mol. The molecule has 7 heteroatoms. The van der Waals surface area contributed by atoms with Crippen LogP contribution in [0.25, 0.3) is 40.5 Å². The molecule has 0 amide bonds. The number of aromatic amines is 1. The van der Waals surface area contributed by atoms with E-state index in [-0.39, 0.29) is 5.82 Å². The molecular weight excluding hydrogens is 347 g/mol. The molecule has 0 unspecified atom stereocenters. The zero-order chi connectivity index (χ0) is 19.0. The number of nitrogens with zero attached hydrogens (tertiary/aromatic N) is 2. The topological polar surface area (TPSA) is 89.8 Å². The van der Waals surface area contributed by atoms with Crippen molar-refractivity contribution in [1.82, 2.24) is 14.5 Å². The summed E-state index contributed by atoms with van der Waals surface area (Å²) in [6, 6.07) is 11.2. The van der Waals surface area contributed by atoms with Gasteiger partial charge in [0.1, 0.15) is 17.0 Å². The number of halogens is 1. The third kappa shape index (κ3) is 2.89. The first-order valence-corrected chi connectivity index (χ1v) is 7.95. The van der Waals surface area contributed by atoms with Gasteiger partial charge in [-0.3, -0.25) is 9.55 Å². The largest absolute Gasteiger partial charge is 0.417 e. The van der Waals surface area contributed by atoms with E-state index in [2.05, 4.69) is 28.0 Å².